The number of carbonyl (C=O) groups is 3. The van der Waals surface area contributed by atoms with Gasteiger partial charge in [-0.05, 0) is 50.1 Å². The molecule has 0 spiro atoms. The van der Waals surface area contributed by atoms with Crippen LogP contribution in [0.1, 0.15) is 26.7 Å². The fourth-order valence-corrected chi connectivity index (χ4v) is 2.90. The molecule has 0 unspecified atom stereocenters. The van der Waals surface area contributed by atoms with Crippen molar-refractivity contribution in [2.24, 2.45) is 5.41 Å². The molecule has 3 N–H and O–H groups in total. The lowest BCUT2D eigenvalue weighted by molar-refractivity contribution is -0.131. The lowest BCUT2D eigenvalue weighted by Gasteiger charge is -2.17. The number of amides is 3. The number of para-hydroxylation sites is 2. The molecule has 0 heterocycles. The van der Waals surface area contributed by atoms with Crippen molar-refractivity contribution in [2.75, 3.05) is 22.6 Å². The topological polar surface area (TPSA) is 96.5 Å². The van der Waals surface area contributed by atoms with Crippen LogP contribution in [0.4, 0.5) is 17.1 Å². The standard InChI is InChI=1S/C21H23N3O4/c1-3-28-18-10-5-4-9-17(18)24-20(27)21(11-12-21)19(26)23-16-8-6-7-15(13-16)22-14(2)25/h4-10,13H,3,11-12H2,1-2H3,(H,22,25)(H,23,26)(H,24,27). The largest absolute Gasteiger partial charge is 0.492 e. The number of hydrogen-bond acceptors (Lipinski definition) is 4. The maximum Gasteiger partial charge on any atom is 0.240 e. The van der Waals surface area contributed by atoms with Gasteiger partial charge in [-0.2, -0.15) is 0 Å². The number of nitrogens with one attached hydrogen (secondary N) is 3. The SMILES string of the molecule is CCOc1ccccc1NC(=O)C1(C(=O)Nc2cccc(NC(C)=O)c2)CC1. The van der Waals surface area contributed by atoms with Crippen LogP contribution in [0.15, 0.2) is 48.5 Å². The Morgan fingerprint density at radius 3 is 2.21 bits per heavy atom. The second kappa shape index (κ2) is 8.12. The predicted molar refractivity (Wildman–Crippen MR) is 107 cm³/mol. The molecule has 0 radical (unpaired) electrons. The Bertz CT molecular complexity index is 906. The van der Waals surface area contributed by atoms with Gasteiger partial charge in [0.05, 0.1) is 12.3 Å². The van der Waals surface area contributed by atoms with E-state index in [0.29, 0.717) is 42.3 Å². The number of carbonyl (C=O) groups excluding carboxylic acids is 3. The number of ether oxygens (including phenoxy) is 1. The van der Waals surface area contributed by atoms with E-state index < -0.39 is 5.41 Å². The first-order chi connectivity index (χ1) is 13.4. The van der Waals surface area contributed by atoms with Crippen molar-refractivity contribution in [3.05, 3.63) is 48.5 Å². The highest BCUT2D eigenvalue weighted by Crippen LogP contribution is 2.48. The van der Waals surface area contributed by atoms with Crippen molar-refractivity contribution in [2.45, 2.75) is 26.7 Å². The average molecular weight is 381 g/mol. The normalized spacial score (nSPS) is 13.9. The molecule has 1 saturated carbocycles. The summed E-state index contributed by atoms with van der Waals surface area (Å²) < 4.78 is 5.52. The fourth-order valence-electron chi connectivity index (χ4n) is 2.90. The van der Waals surface area contributed by atoms with Crippen molar-refractivity contribution >= 4 is 34.8 Å². The molecular weight excluding hydrogens is 358 g/mol. The van der Waals surface area contributed by atoms with Crippen molar-refractivity contribution in [3.8, 4) is 5.75 Å². The number of rotatable bonds is 7. The lowest BCUT2D eigenvalue weighted by Crippen LogP contribution is -2.35. The van der Waals surface area contributed by atoms with Crippen LogP contribution in [0.3, 0.4) is 0 Å². The third kappa shape index (κ3) is 4.31. The van der Waals surface area contributed by atoms with E-state index in [2.05, 4.69) is 16.0 Å². The molecule has 2 aromatic rings. The Labute approximate surface area is 163 Å². The molecule has 0 atom stereocenters. The number of anilines is 3. The zero-order valence-corrected chi connectivity index (χ0v) is 15.9. The predicted octanol–water partition coefficient (Wildman–Crippen LogP) is 3.40. The van der Waals surface area contributed by atoms with E-state index in [9.17, 15) is 14.4 Å². The van der Waals surface area contributed by atoms with Crippen molar-refractivity contribution < 1.29 is 19.1 Å². The van der Waals surface area contributed by atoms with Gasteiger partial charge in [0, 0.05) is 18.3 Å². The molecule has 3 amide bonds. The summed E-state index contributed by atoms with van der Waals surface area (Å²) in [6, 6.07) is 13.9. The van der Waals surface area contributed by atoms with Crippen molar-refractivity contribution in [1.29, 1.82) is 0 Å². The molecule has 1 aliphatic carbocycles. The van der Waals surface area contributed by atoms with Crippen LogP contribution in [0, 0.1) is 5.41 Å². The Hall–Kier alpha value is -3.35. The van der Waals surface area contributed by atoms with E-state index in [-0.39, 0.29) is 17.7 Å². The molecule has 7 nitrogen and oxygen atoms in total. The average Bonchev–Trinajstić information content (AvgIpc) is 3.45. The molecule has 0 aliphatic heterocycles. The van der Waals surface area contributed by atoms with Crippen LogP contribution >= 0.6 is 0 Å². The Morgan fingerprint density at radius 1 is 0.929 bits per heavy atom. The Kier molecular flexibility index (Phi) is 5.63. The number of hydrogen-bond donors (Lipinski definition) is 3. The van der Waals surface area contributed by atoms with Crippen LogP contribution in [-0.2, 0) is 14.4 Å². The van der Waals surface area contributed by atoms with E-state index in [1.807, 2.05) is 13.0 Å². The summed E-state index contributed by atoms with van der Waals surface area (Å²) in [4.78, 5) is 36.8. The molecule has 2 aromatic carbocycles. The van der Waals surface area contributed by atoms with Gasteiger partial charge in [0.2, 0.25) is 17.7 Å². The van der Waals surface area contributed by atoms with E-state index in [1.54, 1.807) is 42.5 Å². The number of benzene rings is 2. The first-order valence-electron chi connectivity index (χ1n) is 9.17. The van der Waals surface area contributed by atoms with E-state index >= 15 is 0 Å². The van der Waals surface area contributed by atoms with E-state index in [0.717, 1.165) is 0 Å². The highest BCUT2D eigenvalue weighted by molar-refractivity contribution is 6.17. The summed E-state index contributed by atoms with van der Waals surface area (Å²) in [6.07, 6.45) is 0.958. The third-order valence-corrected chi connectivity index (χ3v) is 4.50. The van der Waals surface area contributed by atoms with Crippen LogP contribution in [0.25, 0.3) is 0 Å². The lowest BCUT2D eigenvalue weighted by atomic mass is 10.0. The monoisotopic (exact) mass is 381 g/mol. The van der Waals surface area contributed by atoms with E-state index in [1.165, 1.54) is 6.92 Å². The Balaban J connectivity index is 1.70. The van der Waals surface area contributed by atoms with E-state index in [4.69, 9.17) is 4.74 Å². The quantitative estimate of drug-likeness (QED) is 0.641. The van der Waals surface area contributed by atoms with Gasteiger partial charge < -0.3 is 20.7 Å². The van der Waals surface area contributed by atoms with Crippen LogP contribution in [-0.4, -0.2) is 24.3 Å². The molecule has 3 rings (SSSR count). The van der Waals surface area contributed by atoms with Gasteiger partial charge in [-0.1, -0.05) is 18.2 Å². The molecular formula is C21H23N3O4. The van der Waals surface area contributed by atoms with Gasteiger partial charge in [0.15, 0.2) is 0 Å². The molecule has 0 bridgehead atoms. The zero-order valence-electron chi connectivity index (χ0n) is 15.9. The summed E-state index contributed by atoms with van der Waals surface area (Å²) in [6.45, 7) is 3.75. The summed E-state index contributed by atoms with van der Waals surface area (Å²) in [5, 5.41) is 8.27. The Morgan fingerprint density at radius 2 is 1.57 bits per heavy atom. The van der Waals surface area contributed by atoms with Gasteiger partial charge in [-0.25, -0.2) is 0 Å². The van der Waals surface area contributed by atoms with Gasteiger partial charge >= 0.3 is 0 Å². The summed E-state index contributed by atoms with van der Waals surface area (Å²) >= 11 is 0. The van der Waals surface area contributed by atoms with Gasteiger partial charge in [0.1, 0.15) is 11.2 Å². The molecule has 1 fully saturated rings. The highest BCUT2D eigenvalue weighted by Gasteiger charge is 2.56. The fraction of sp³-hybridized carbons (Fsp3) is 0.286. The zero-order chi connectivity index (χ0) is 20.1. The summed E-state index contributed by atoms with van der Waals surface area (Å²) in [7, 11) is 0. The molecule has 28 heavy (non-hydrogen) atoms. The smallest absolute Gasteiger partial charge is 0.240 e. The second-order valence-corrected chi connectivity index (χ2v) is 6.68. The van der Waals surface area contributed by atoms with Crippen molar-refractivity contribution in [3.63, 3.8) is 0 Å². The summed E-state index contributed by atoms with van der Waals surface area (Å²) in [5.74, 6) is -0.346. The third-order valence-electron chi connectivity index (χ3n) is 4.50. The van der Waals surface area contributed by atoms with Crippen LogP contribution < -0.4 is 20.7 Å². The van der Waals surface area contributed by atoms with Gasteiger partial charge in [-0.3, -0.25) is 14.4 Å². The molecule has 7 heteroatoms. The molecule has 146 valence electrons. The first kappa shape index (κ1) is 19.4. The van der Waals surface area contributed by atoms with Crippen LogP contribution in [0.2, 0.25) is 0 Å². The minimum Gasteiger partial charge on any atom is -0.492 e. The maximum atomic E-state index is 12.8. The molecule has 0 saturated heterocycles. The van der Waals surface area contributed by atoms with Gasteiger partial charge in [0.25, 0.3) is 0 Å². The molecule has 0 aromatic heterocycles. The van der Waals surface area contributed by atoms with Crippen molar-refractivity contribution in [1.82, 2.24) is 0 Å². The van der Waals surface area contributed by atoms with Gasteiger partial charge in [-0.15, -0.1) is 0 Å². The highest BCUT2D eigenvalue weighted by atomic mass is 16.5. The minimum atomic E-state index is -1.09. The van der Waals surface area contributed by atoms with Crippen LogP contribution in [0.5, 0.6) is 5.75 Å². The first-order valence-corrected chi connectivity index (χ1v) is 9.17. The maximum absolute atomic E-state index is 12.8. The second-order valence-electron chi connectivity index (χ2n) is 6.68. The molecule has 1 aliphatic rings. The minimum absolute atomic E-state index is 0.200. The summed E-state index contributed by atoms with van der Waals surface area (Å²) in [5.41, 5.74) is 0.542.